The van der Waals surface area contributed by atoms with E-state index in [4.69, 9.17) is 5.11 Å². The van der Waals surface area contributed by atoms with Gasteiger partial charge in [0.05, 0.1) is 5.69 Å². The number of carboxylic acid groups (broad SMARTS) is 1. The fourth-order valence-corrected chi connectivity index (χ4v) is 2.21. The number of carboxylic acids is 1. The third-order valence-corrected chi connectivity index (χ3v) is 3.40. The van der Waals surface area contributed by atoms with E-state index in [9.17, 15) is 9.59 Å². The normalized spacial score (nSPS) is 10.8. The second-order valence-corrected chi connectivity index (χ2v) is 5.44. The van der Waals surface area contributed by atoms with Crippen LogP contribution in [0.4, 0.5) is 0 Å². The zero-order chi connectivity index (χ0) is 15.4. The number of aromatic nitrogens is 1. The number of rotatable bonds is 5. The SMILES string of the molecule is CC(C)CCn1c(-c2ccccc2)ccc(C(=O)O)c1=O. The Kier molecular flexibility index (Phi) is 4.58. The first kappa shape index (κ1) is 15.0. The number of hydrogen-bond donors (Lipinski definition) is 1. The van der Waals surface area contributed by atoms with E-state index in [1.54, 1.807) is 10.6 Å². The number of hydrogen-bond acceptors (Lipinski definition) is 2. The van der Waals surface area contributed by atoms with Gasteiger partial charge in [0.1, 0.15) is 5.56 Å². The molecule has 0 aliphatic rings. The van der Waals surface area contributed by atoms with E-state index < -0.39 is 11.5 Å². The van der Waals surface area contributed by atoms with E-state index in [1.165, 1.54) is 6.07 Å². The number of benzene rings is 1. The van der Waals surface area contributed by atoms with Gasteiger partial charge >= 0.3 is 5.97 Å². The Morgan fingerprint density at radius 3 is 2.38 bits per heavy atom. The first-order valence-electron chi connectivity index (χ1n) is 7.03. The molecule has 110 valence electrons. The van der Waals surface area contributed by atoms with Gasteiger partial charge in [-0.25, -0.2) is 4.79 Å². The van der Waals surface area contributed by atoms with Crippen molar-refractivity contribution in [1.29, 1.82) is 0 Å². The van der Waals surface area contributed by atoms with Gasteiger partial charge in [0.25, 0.3) is 5.56 Å². The van der Waals surface area contributed by atoms with Crippen LogP contribution in [0.1, 0.15) is 30.6 Å². The highest BCUT2D eigenvalue weighted by molar-refractivity contribution is 5.87. The molecule has 2 rings (SSSR count). The van der Waals surface area contributed by atoms with Gasteiger partial charge in [0.2, 0.25) is 0 Å². The second kappa shape index (κ2) is 6.39. The van der Waals surface area contributed by atoms with E-state index in [-0.39, 0.29) is 5.56 Å². The Morgan fingerprint density at radius 2 is 1.81 bits per heavy atom. The second-order valence-electron chi connectivity index (χ2n) is 5.44. The highest BCUT2D eigenvalue weighted by atomic mass is 16.4. The molecule has 0 atom stereocenters. The third kappa shape index (κ3) is 3.40. The molecule has 0 spiro atoms. The number of carbonyl (C=O) groups is 1. The van der Waals surface area contributed by atoms with Crippen molar-refractivity contribution in [3.05, 3.63) is 58.4 Å². The van der Waals surface area contributed by atoms with Crippen molar-refractivity contribution < 1.29 is 9.90 Å². The highest BCUT2D eigenvalue weighted by Crippen LogP contribution is 2.19. The Hall–Kier alpha value is -2.36. The highest BCUT2D eigenvalue weighted by Gasteiger charge is 2.15. The van der Waals surface area contributed by atoms with Crippen LogP contribution in [0, 0.1) is 5.92 Å². The summed E-state index contributed by atoms with van der Waals surface area (Å²) < 4.78 is 1.57. The lowest BCUT2D eigenvalue weighted by atomic mass is 10.1. The minimum atomic E-state index is -1.18. The Labute approximate surface area is 123 Å². The number of pyridine rings is 1. The molecule has 0 aliphatic carbocycles. The molecule has 0 amide bonds. The van der Waals surface area contributed by atoms with Crippen LogP contribution >= 0.6 is 0 Å². The minimum absolute atomic E-state index is 0.182. The molecule has 0 saturated heterocycles. The maximum Gasteiger partial charge on any atom is 0.341 e. The summed E-state index contributed by atoms with van der Waals surface area (Å²) in [4.78, 5) is 23.5. The van der Waals surface area contributed by atoms with Crippen molar-refractivity contribution in [2.24, 2.45) is 5.92 Å². The molecule has 2 aromatic rings. The predicted octanol–water partition coefficient (Wildman–Crippen LogP) is 3.26. The third-order valence-electron chi connectivity index (χ3n) is 3.40. The number of nitrogens with zero attached hydrogens (tertiary/aromatic N) is 1. The van der Waals surface area contributed by atoms with Crippen molar-refractivity contribution >= 4 is 5.97 Å². The molecular formula is C17H19NO3. The lowest BCUT2D eigenvalue weighted by Crippen LogP contribution is -2.28. The molecule has 1 heterocycles. The van der Waals surface area contributed by atoms with Gasteiger partial charge < -0.3 is 9.67 Å². The van der Waals surface area contributed by atoms with E-state index in [0.29, 0.717) is 12.5 Å². The van der Waals surface area contributed by atoms with Crippen molar-refractivity contribution in [3.63, 3.8) is 0 Å². The van der Waals surface area contributed by atoms with Crippen LogP contribution in [-0.4, -0.2) is 15.6 Å². The van der Waals surface area contributed by atoms with Gasteiger partial charge in [0.15, 0.2) is 0 Å². The van der Waals surface area contributed by atoms with Gasteiger partial charge in [-0.3, -0.25) is 4.79 Å². The van der Waals surface area contributed by atoms with E-state index in [2.05, 4.69) is 13.8 Å². The average molecular weight is 285 g/mol. The van der Waals surface area contributed by atoms with Crippen LogP contribution < -0.4 is 5.56 Å². The predicted molar refractivity (Wildman–Crippen MR) is 82.6 cm³/mol. The Balaban J connectivity index is 2.57. The molecule has 0 bridgehead atoms. The summed E-state index contributed by atoms with van der Waals surface area (Å²) in [5, 5.41) is 9.12. The molecule has 1 aromatic heterocycles. The van der Waals surface area contributed by atoms with Gasteiger partial charge in [-0.2, -0.15) is 0 Å². The van der Waals surface area contributed by atoms with Crippen molar-refractivity contribution in [2.75, 3.05) is 0 Å². The van der Waals surface area contributed by atoms with Crippen LogP contribution in [0.2, 0.25) is 0 Å². The summed E-state index contributed by atoms with van der Waals surface area (Å²) in [6.45, 7) is 4.67. The largest absolute Gasteiger partial charge is 0.477 e. The molecule has 0 aliphatic heterocycles. The van der Waals surface area contributed by atoms with Gasteiger partial charge in [-0.15, -0.1) is 0 Å². The molecule has 0 radical (unpaired) electrons. The maximum absolute atomic E-state index is 12.4. The summed E-state index contributed by atoms with van der Waals surface area (Å²) in [5.41, 5.74) is 1.05. The summed E-state index contributed by atoms with van der Waals surface area (Å²) in [5.74, 6) is -0.744. The van der Waals surface area contributed by atoms with E-state index in [0.717, 1.165) is 17.7 Å². The summed E-state index contributed by atoms with van der Waals surface area (Å²) in [7, 11) is 0. The maximum atomic E-state index is 12.4. The average Bonchev–Trinajstić information content (AvgIpc) is 2.46. The van der Waals surface area contributed by atoms with Crippen LogP contribution in [0.15, 0.2) is 47.3 Å². The smallest absolute Gasteiger partial charge is 0.341 e. The zero-order valence-electron chi connectivity index (χ0n) is 12.2. The monoisotopic (exact) mass is 285 g/mol. The van der Waals surface area contributed by atoms with E-state index in [1.807, 2.05) is 30.3 Å². The summed E-state index contributed by atoms with van der Waals surface area (Å²) >= 11 is 0. The lowest BCUT2D eigenvalue weighted by molar-refractivity contribution is 0.0694. The van der Waals surface area contributed by atoms with Gasteiger partial charge in [-0.1, -0.05) is 44.2 Å². The van der Waals surface area contributed by atoms with Crippen LogP contribution in [0.25, 0.3) is 11.3 Å². The molecule has 0 fully saturated rings. The molecule has 4 nitrogen and oxygen atoms in total. The van der Waals surface area contributed by atoms with Crippen LogP contribution in [0.5, 0.6) is 0 Å². The summed E-state index contributed by atoms with van der Waals surface area (Å²) in [6.07, 6.45) is 0.822. The van der Waals surface area contributed by atoms with E-state index >= 15 is 0 Å². The Bertz CT molecular complexity index is 687. The fourth-order valence-electron chi connectivity index (χ4n) is 2.21. The molecule has 1 N–H and O–H groups in total. The van der Waals surface area contributed by atoms with Crippen LogP contribution in [0.3, 0.4) is 0 Å². The molecule has 4 heteroatoms. The quantitative estimate of drug-likeness (QED) is 0.917. The zero-order valence-corrected chi connectivity index (χ0v) is 12.2. The minimum Gasteiger partial charge on any atom is -0.477 e. The fraction of sp³-hybridized carbons (Fsp3) is 0.294. The van der Waals surface area contributed by atoms with Crippen molar-refractivity contribution in [2.45, 2.75) is 26.8 Å². The molecule has 21 heavy (non-hydrogen) atoms. The lowest BCUT2D eigenvalue weighted by Gasteiger charge is -2.15. The Morgan fingerprint density at radius 1 is 1.14 bits per heavy atom. The first-order chi connectivity index (χ1) is 10.0. The first-order valence-corrected chi connectivity index (χ1v) is 7.03. The van der Waals surface area contributed by atoms with Gasteiger partial charge in [-0.05, 0) is 30.0 Å². The molecular weight excluding hydrogens is 266 g/mol. The summed E-state index contributed by atoms with van der Waals surface area (Å²) in [6, 6.07) is 12.6. The van der Waals surface area contributed by atoms with Crippen LogP contribution in [-0.2, 0) is 6.54 Å². The van der Waals surface area contributed by atoms with Crippen molar-refractivity contribution in [1.82, 2.24) is 4.57 Å². The van der Waals surface area contributed by atoms with Crippen molar-refractivity contribution in [3.8, 4) is 11.3 Å². The standard InChI is InChI=1S/C17H19NO3/c1-12(2)10-11-18-15(13-6-4-3-5-7-13)9-8-14(16(18)19)17(20)21/h3-9,12H,10-11H2,1-2H3,(H,20,21). The molecule has 1 aromatic carbocycles. The van der Waals surface area contributed by atoms with Gasteiger partial charge in [0, 0.05) is 6.54 Å². The molecule has 0 saturated carbocycles. The number of aromatic carboxylic acids is 1. The topological polar surface area (TPSA) is 59.3 Å². The molecule has 0 unspecified atom stereocenters.